The molecule has 1 saturated heterocycles. The number of fused-ring (bicyclic) bond motifs is 3. The summed E-state index contributed by atoms with van der Waals surface area (Å²) in [5.41, 5.74) is 2.36. The fourth-order valence-corrected chi connectivity index (χ4v) is 4.87. The Labute approximate surface area is 216 Å². The topological polar surface area (TPSA) is 106 Å². The van der Waals surface area contributed by atoms with Crippen LogP contribution < -0.4 is 14.9 Å². The molecular weight excluding hydrogens is 480 g/mol. The summed E-state index contributed by atoms with van der Waals surface area (Å²) >= 11 is 0. The Hall–Kier alpha value is -3.37. The summed E-state index contributed by atoms with van der Waals surface area (Å²) < 4.78 is 28.8. The van der Waals surface area contributed by atoms with Crippen LogP contribution in [0.2, 0.25) is 0 Å². The van der Waals surface area contributed by atoms with Crippen LogP contribution in [0.3, 0.4) is 0 Å². The number of hydrogen-bond acceptors (Lipinski definition) is 8. The standard InChI is InChI=1S/C27H34N2O8/c1-5-18-11-17-12-24(36-9-6-8-33-2)23(34-3)13-19(17)21-14-22(30)20(15-29(18)21)26(31)28-7-10-37-25(16-28)27(32)35-4/h12-15,18,25H,5-11,16H2,1-4H3. The minimum Gasteiger partial charge on any atom is -0.493 e. The van der Waals surface area contributed by atoms with Gasteiger partial charge in [0.15, 0.2) is 23.0 Å². The van der Waals surface area contributed by atoms with E-state index in [0.717, 1.165) is 36.1 Å². The number of rotatable bonds is 9. The molecule has 0 saturated carbocycles. The van der Waals surface area contributed by atoms with Gasteiger partial charge >= 0.3 is 5.97 Å². The van der Waals surface area contributed by atoms with E-state index in [1.165, 1.54) is 18.1 Å². The summed E-state index contributed by atoms with van der Waals surface area (Å²) in [4.78, 5) is 40.0. The second kappa shape index (κ2) is 11.8. The Morgan fingerprint density at radius 1 is 1.11 bits per heavy atom. The van der Waals surface area contributed by atoms with Gasteiger partial charge in [-0.25, -0.2) is 4.79 Å². The molecule has 2 aromatic rings. The molecule has 10 nitrogen and oxygen atoms in total. The van der Waals surface area contributed by atoms with Gasteiger partial charge in [0.25, 0.3) is 5.91 Å². The van der Waals surface area contributed by atoms with Gasteiger partial charge in [-0.2, -0.15) is 0 Å². The van der Waals surface area contributed by atoms with Gasteiger partial charge in [-0.05, 0) is 30.5 Å². The second-order valence-electron chi connectivity index (χ2n) is 9.10. The molecule has 1 aromatic heterocycles. The monoisotopic (exact) mass is 514 g/mol. The Bertz CT molecular complexity index is 1210. The van der Waals surface area contributed by atoms with Crippen LogP contribution in [-0.4, -0.2) is 81.7 Å². The van der Waals surface area contributed by atoms with Crippen molar-refractivity contribution in [2.75, 3.05) is 54.2 Å². The predicted molar refractivity (Wildman–Crippen MR) is 135 cm³/mol. The number of aromatic nitrogens is 1. The number of methoxy groups -OCH3 is 3. The first-order valence-electron chi connectivity index (χ1n) is 12.5. The highest BCUT2D eigenvalue weighted by molar-refractivity contribution is 5.95. The third-order valence-electron chi connectivity index (χ3n) is 6.86. The molecule has 1 amide bonds. The van der Waals surface area contributed by atoms with Crippen LogP contribution >= 0.6 is 0 Å². The summed E-state index contributed by atoms with van der Waals surface area (Å²) in [6, 6.07) is 5.45. The van der Waals surface area contributed by atoms with Crippen molar-refractivity contribution >= 4 is 11.9 Å². The average Bonchev–Trinajstić information content (AvgIpc) is 2.93. The van der Waals surface area contributed by atoms with E-state index in [9.17, 15) is 14.4 Å². The van der Waals surface area contributed by atoms with Gasteiger partial charge in [-0.1, -0.05) is 6.92 Å². The number of ether oxygens (including phenoxy) is 5. The summed E-state index contributed by atoms with van der Waals surface area (Å²) in [6.45, 7) is 3.71. The summed E-state index contributed by atoms with van der Waals surface area (Å²) in [5.74, 6) is 0.267. The first-order chi connectivity index (χ1) is 17.9. The largest absolute Gasteiger partial charge is 0.493 e. The molecule has 1 aromatic carbocycles. The van der Waals surface area contributed by atoms with E-state index in [0.29, 0.717) is 24.7 Å². The lowest BCUT2D eigenvalue weighted by molar-refractivity contribution is -0.158. The highest BCUT2D eigenvalue weighted by Crippen LogP contribution is 2.41. The van der Waals surface area contributed by atoms with Crippen LogP contribution in [0.5, 0.6) is 11.5 Å². The molecule has 37 heavy (non-hydrogen) atoms. The molecule has 0 N–H and O–H groups in total. The SMILES string of the molecule is CCC1Cc2cc(OCCCOC)c(OC)cc2-c2cc(=O)c(C(=O)N3CCOC(C(=O)OC)C3)cn21. The Balaban J connectivity index is 1.67. The van der Waals surface area contributed by atoms with Gasteiger partial charge < -0.3 is 33.2 Å². The zero-order valence-electron chi connectivity index (χ0n) is 21.8. The van der Waals surface area contributed by atoms with Crippen molar-refractivity contribution in [2.45, 2.75) is 38.3 Å². The Kier molecular flexibility index (Phi) is 8.50. The number of benzene rings is 1. The molecule has 2 aliphatic rings. The zero-order chi connectivity index (χ0) is 26.5. The normalized spacial score (nSPS) is 18.5. The molecule has 0 radical (unpaired) electrons. The summed E-state index contributed by atoms with van der Waals surface area (Å²) in [7, 11) is 4.51. The van der Waals surface area contributed by atoms with Gasteiger partial charge in [0.05, 0.1) is 39.7 Å². The molecule has 2 unspecified atom stereocenters. The highest BCUT2D eigenvalue weighted by atomic mass is 16.6. The number of carbonyl (C=O) groups excluding carboxylic acids is 2. The molecule has 10 heteroatoms. The van der Waals surface area contributed by atoms with Crippen LogP contribution in [0, 0.1) is 0 Å². The first-order valence-corrected chi connectivity index (χ1v) is 12.5. The van der Waals surface area contributed by atoms with Crippen molar-refractivity contribution in [3.05, 3.63) is 45.7 Å². The number of amides is 1. The molecule has 0 spiro atoms. The fourth-order valence-electron chi connectivity index (χ4n) is 4.87. The third-order valence-corrected chi connectivity index (χ3v) is 6.86. The van der Waals surface area contributed by atoms with E-state index < -0.39 is 18.0 Å². The Morgan fingerprint density at radius 2 is 1.92 bits per heavy atom. The molecule has 4 rings (SSSR count). The molecule has 2 atom stereocenters. The first kappa shape index (κ1) is 26.7. The maximum Gasteiger partial charge on any atom is 0.336 e. The van der Waals surface area contributed by atoms with Crippen LogP contribution in [0.25, 0.3) is 11.3 Å². The van der Waals surface area contributed by atoms with Gasteiger partial charge in [0.1, 0.15) is 5.56 Å². The van der Waals surface area contributed by atoms with E-state index in [1.54, 1.807) is 20.4 Å². The number of esters is 1. The molecule has 1 fully saturated rings. The van der Waals surface area contributed by atoms with Crippen LogP contribution in [0.15, 0.2) is 29.2 Å². The molecule has 2 aliphatic heterocycles. The number of carbonyl (C=O) groups is 2. The molecule has 200 valence electrons. The van der Waals surface area contributed by atoms with Crippen molar-refractivity contribution in [3.63, 3.8) is 0 Å². The third kappa shape index (κ3) is 5.50. The lowest BCUT2D eigenvalue weighted by Crippen LogP contribution is -2.49. The predicted octanol–water partition coefficient (Wildman–Crippen LogP) is 2.46. The van der Waals surface area contributed by atoms with E-state index in [4.69, 9.17) is 23.7 Å². The van der Waals surface area contributed by atoms with E-state index in [-0.39, 0.29) is 36.7 Å². The summed E-state index contributed by atoms with van der Waals surface area (Å²) in [6.07, 6.45) is 3.07. The van der Waals surface area contributed by atoms with Gasteiger partial charge in [-0.3, -0.25) is 9.59 Å². The van der Waals surface area contributed by atoms with Crippen molar-refractivity contribution < 1.29 is 33.3 Å². The zero-order valence-corrected chi connectivity index (χ0v) is 21.8. The Morgan fingerprint density at radius 3 is 2.62 bits per heavy atom. The van der Waals surface area contributed by atoms with Gasteiger partial charge in [0, 0.05) is 50.6 Å². The average molecular weight is 515 g/mol. The van der Waals surface area contributed by atoms with Crippen molar-refractivity contribution in [3.8, 4) is 22.8 Å². The lowest BCUT2D eigenvalue weighted by Gasteiger charge is -2.33. The minimum atomic E-state index is -0.864. The highest BCUT2D eigenvalue weighted by Gasteiger charge is 2.33. The molecular formula is C27H34N2O8. The van der Waals surface area contributed by atoms with E-state index in [1.807, 2.05) is 16.7 Å². The van der Waals surface area contributed by atoms with E-state index in [2.05, 4.69) is 6.92 Å². The molecule has 0 aliphatic carbocycles. The molecule has 3 heterocycles. The maximum absolute atomic E-state index is 13.4. The second-order valence-corrected chi connectivity index (χ2v) is 9.10. The van der Waals surface area contributed by atoms with Crippen molar-refractivity contribution in [1.82, 2.24) is 9.47 Å². The van der Waals surface area contributed by atoms with Crippen LogP contribution in [-0.2, 0) is 25.4 Å². The van der Waals surface area contributed by atoms with Crippen LogP contribution in [0.1, 0.15) is 41.7 Å². The number of morpholine rings is 1. The van der Waals surface area contributed by atoms with Crippen LogP contribution in [0.4, 0.5) is 0 Å². The number of hydrogen-bond donors (Lipinski definition) is 0. The van der Waals surface area contributed by atoms with Gasteiger partial charge in [-0.15, -0.1) is 0 Å². The van der Waals surface area contributed by atoms with Crippen molar-refractivity contribution in [1.29, 1.82) is 0 Å². The smallest absolute Gasteiger partial charge is 0.336 e. The van der Waals surface area contributed by atoms with Crippen molar-refractivity contribution in [2.24, 2.45) is 0 Å². The quantitative estimate of drug-likeness (QED) is 0.371. The minimum absolute atomic E-state index is 0.0388. The number of pyridine rings is 1. The summed E-state index contributed by atoms with van der Waals surface area (Å²) in [5, 5.41) is 0. The van der Waals surface area contributed by atoms with Gasteiger partial charge in [0.2, 0.25) is 0 Å². The fraction of sp³-hybridized carbons (Fsp3) is 0.519. The number of nitrogens with zero attached hydrogens (tertiary/aromatic N) is 2. The maximum atomic E-state index is 13.4. The lowest BCUT2D eigenvalue weighted by atomic mass is 9.90. The molecule has 0 bridgehead atoms. The van der Waals surface area contributed by atoms with E-state index >= 15 is 0 Å².